The maximum Gasteiger partial charge on any atom is 0.408 e. The summed E-state index contributed by atoms with van der Waals surface area (Å²) in [6, 6.07) is 24.7. The molecule has 184 valence electrons. The van der Waals surface area contributed by atoms with Crippen molar-refractivity contribution in [2.45, 2.75) is 32.2 Å². The quantitative estimate of drug-likeness (QED) is 0.324. The Balaban J connectivity index is 1.52. The van der Waals surface area contributed by atoms with Crippen LogP contribution in [0.5, 0.6) is 0 Å². The van der Waals surface area contributed by atoms with Crippen LogP contribution in [0.3, 0.4) is 0 Å². The number of aliphatic carboxylic acids is 1. The Morgan fingerprint density at radius 1 is 0.806 bits per heavy atom. The predicted octanol–water partition coefficient (Wildman–Crippen LogP) is 4.31. The third-order valence-electron chi connectivity index (χ3n) is 5.61. The van der Waals surface area contributed by atoms with E-state index < -0.39 is 24.1 Å². The van der Waals surface area contributed by atoms with Crippen molar-refractivity contribution < 1.29 is 29.0 Å². The second-order valence-corrected chi connectivity index (χ2v) is 8.25. The summed E-state index contributed by atoms with van der Waals surface area (Å²) in [5.41, 5.74) is 3.05. The van der Waals surface area contributed by atoms with E-state index in [0.29, 0.717) is 5.56 Å². The molecule has 3 aromatic carbocycles. The molecule has 4 aromatic rings. The van der Waals surface area contributed by atoms with Crippen LogP contribution in [-0.4, -0.2) is 33.7 Å². The van der Waals surface area contributed by atoms with Crippen LogP contribution in [0.2, 0.25) is 0 Å². The third kappa shape index (κ3) is 6.50. The van der Waals surface area contributed by atoms with Gasteiger partial charge in [0, 0.05) is 23.5 Å². The lowest BCUT2D eigenvalue weighted by Gasteiger charge is -2.18. The average molecular weight is 487 g/mol. The molecule has 0 aliphatic heterocycles. The predicted molar refractivity (Wildman–Crippen MR) is 133 cm³/mol. The van der Waals surface area contributed by atoms with Crippen molar-refractivity contribution in [1.82, 2.24) is 9.88 Å². The van der Waals surface area contributed by atoms with Crippen LogP contribution in [0.4, 0.5) is 4.79 Å². The zero-order chi connectivity index (χ0) is 25.3. The number of ether oxygens (including phenoxy) is 2. The number of carbonyl (C=O) groups excluding carboxylic acids is 2. The van der Waals surface area contributed by atoms with Crippen molar-refractivity contribution in [1.29, 1.82) is 0 Å². The molecule has 4 rings (SSSR count). The number of rotatable bonds is 10. The monoisotopic (exact) mass is 486 g/mol. The number of benzene rings is 3. The molecule has 0 saturated carbocycles. The lowest BCUT2D eigenvalue weighted by molar-refractivity contribution is -0.147. The molecule has 1 amide bonds. The van der Waals surface area contributed by atoms with Gasteiger partial charge in [-0.25, -0.2) is 9.59 Å². The molecule has 8 nitrogen and oxygen atoms in total. The molecular weight excluding hydrogens is 460 g/mol. The van der Waals surface area contributed by atoms with Crippen LogP contribution in [-0.2, 0) is 45.2 Å². The summed E-state index contributed by atoms with van der Waals surface area (Å²) in [5, 5.41) is 12.7. The van der Waals surface area contributed by atoms with E-state index in [0.717, 1.165) is 22.0 Å². The first kappa shape index (κ1) is 24.5. The summed E-state index contributed by atoms with van der Waals surface area (Å²) < 4.78 is 12.4. The SMILES string of the molecule is O=C(O)Cn1cc(CC(NC(=O)OCc2ccccc2)C(=O)OCc2ccccc2)c2ccccc21. The molecule has 1 atom stereocenters. The number of nitrogens with zero attached hydrogens (tertiary/aromatic N) is 1. The molecule has 2 N–H and O–H groups in total. The van der Waals surface area contributed by atoms with Gasteiger partial charge in [-0.1, -0.05) is 78.9 Å². The molecule has 0 aliphatic carbocycles. The Labute approximate surface area is 208 Å². The van der Waals surface area contributed by atoms with E-state index in [9.17, 15) is 19.5 Å². The first-order chi connectivity index (χ1) is 17.5. The maximum atomic E-state index is 13.1. The highest BCUT2D eigenvalue weighted by molar-refractivity contribution is 5.87. The number of para-hydroxylation sites is 1. The van der Waals surface area contributed by atoms with Gasteiger partial charge in [-0.05, 0) is 22.8 Å². The Morgan fingerprint density at radius 3 is 2.03 bits per heavy atom. The minimum Gasteiger partial charge on any atom is -0.480 e. The number of amides is 1. The Hall–Kier alpha value is -4.59. The van der Waals surface area contributed by atoms with Gasteiger partial charge in [-0.15, -0.1) is 0 Å². The van der Waals surface area contributed by atoms with Crippen LogP contribution in [0, 0.1) is 0 Å². The minimum absolute atomic E-state index is 0.0520. The molecule has 0 radical (unpaired) electrons. The van der Waals surface area contributed by atoms with Gasteiger partial charge in [0.1, 0.15) is 25.8 Å². The van der Waals surface area contributed by atoms with Crippen molar-refractivity contribution in [2.75, 3.05) is 0 Å². The molecule has 1 heterocycles. The number of carboxylic acid groups (broad SMARTS) is 1. The highest BCUT2D eigenvalue weighted by Crippen LogP contribution is 2.23. The van der Waals surface area contributed by atoms with Crippen molar-refractivity contribution in [2.24, 2.45) is 0 Å². The van der Waals surface area contributed by atoms with Crippen LogP contribution in [0.25, 0.3) is 10.9 Å². The van der Waals surface area contributed by atoms with Crippen LogP contribution < -0.4 is 5.32 Å². The lowest BCUT2D eigenvalue weighted by atomic mass is 10.1. The first-order valence-electron chi connectivity index (χ1n) is 11.5. The number of esters is 1. The van der Waals surface area contributed by atoms with Crippen LogP contribution in [0.1, 0.15) is 16.7 Å². The molecule has 0 spiro atoms. The van der Waals surface area contributed by atoms with Gasteiger partial charge in [0.2, 0.25) is 0 Å². The van der Waals surface area contributed by atoms with E-state index in [-0.39, 0.29) is 26.2 Å². The topological polar surface area (TPSA) is 107 Å². The van der Waals surface area contributed by atoms with Gasteiger partial charge in [0.25, 0.3) is 0 Å². The Kier molecular flexibility index (Phi) is 7.97. The van der Waals surface area contributed by atoms with Crippen LogP contribution >= 0.6 is 0 Å². The smallest absolute Gasteiger partial charge is 0.408 e. The van der Waals surface area contributed by atoms with Crippen molar-refractivity contribution in [3.63, 3.8) is 0 Å². The molecule has 8 heteroatoms. The summed E-state index contributed by atoms with van der Waals surface area (Å²) in [4.78, 5) is 37.0. The van der Waals surface area contributed by atoms with Crippen LogP contribution in [0.15, 0.2) is 91.1 Å². The summed E-state index contributed by atoms with van der Waals surface area (Å²) in [5.74, 6) is -1.60. The third-order valence-corrected chi connectivity index (χ3v) is 5.61. The van der Waals surface area contributed by atoms with E-state index in [1.54, 1.807) is 10.8 Å². The zero-order valence-electron chi connectivity index (χ0n) is 19.5. The lowest BCUT2D eigenvalue weighted by Crippen LogP contribution is -2.43. The van der Waals surface area contributed by atoms with E-state index in [1.807, 2.05) is 84.9 Å². The number of fused-ring (bicyclic) bond motifs is 1. The largest absolute Gasteiger partial charge is 0.480 e. The molecule has 36 heavy (non-hydrogen) atoms. The number of aromatic nitrogens is 1. The molecular formula is C28H26N2O6. The van der Waals surface area contributed by atoms with Gasteiger partial charge in [-0.2, -0.15) is 0 Å². The van der Waals surface area contributed by atoms with Crippen molar-refractivity contribution in [3.8, 4) is 0 Å². The summed E-state index contributed by atoms with van der Waals surface area (Å²) in [7, 11) is 0. The van der Waals surface area contributed by atoms with Crippen molar-refractivity contribution in [3.05, 3.63) is 108 Å². The standard InChI is InChI=1S/C28H26N2O6/c31-26(32)17-30-16-22(23-13-7-8-14-25(23)30)15-24(27(33)35-18-20-9-3-1-4-10-20)29-28(34)36-19-21-11-5-2-6-12-21/h1-14,16,24H,15,17-19H2,(H,29,34)(H,31,32). The summed E-state index contributed by atoms with van der Waals surface area (Å²) >= 11 is 0. The number of carbonyl (C=O) groups is 3. The van der Waals surface area contributed by atoms with E-state index in [2.05, 4.69) is 5.32 Å². The fourth-order valence-electron chi connectivity index (χ4n) is 3.91. The van der Waals surface area contributed by atoms with Gasteiger partial charge in [0.05, 0.1) is 0 Å². The number of carboxylic acids is 1. The highest BCUT2D eigenvalue weighted by atomic mass is 16.6. The van der Waals surface area contributed by atoms with Gasteiger partial charge in [-0.3, -0.25) is 4.79 Å². The second-order valence-electron chi connectivity index (χ2n) is 8.25. The van der Waals surface area contributed by atoms with E-state index in [4.69, 9.17) is 9.47 Å². The molecule has 1 aromatic heterocycles. The van der Waals surface area contributed by atoms with Crippen molar-refractivity contribution >= 4 is 28.9 Å². The minimum atomic E-state index is -1.04. The number of hydrogen-bond donors (Lipinski definition) is 2. The highest BCUT2D eigenvalue weighted by Gasteiger charge is 2.25. The number of alkyl carbamates (subject to hydrolysis) is 1. The molecule has 0 saturated heterocycles. The average Bonchev–Trinajstić information content (AvgIpc) is 3.23. The van der Waals surface area contributed by atoms with E-state index >= 15 is 0 Å². The van der Waals surface area contributed by atoms with Gasteiger partial charge in [0.15, 0.2) is 0 Å². The molecule has 0 bridgehead atoms. The Morgan fingerprint density at radius 2 is 1.39 bits per heavy atom. The Bertz CT molecular complexity index is 1330. The fourth-order valence-corrected chi connectivity index (χ4v) is 3.91. The molecule has 0 fully saturated rings. The fraction of sp³-hybridized carbons (Fsp3) is 0.179. The summed E-state index contributed by atoms with van der Waals surface area (Å²) in [6.45, 7) is -0.121. The van der Waals surface area contributed by atoms with E-state index in [1.165, 1.54) is 0 Å². The normalized spacial score (nSPS) is 11.6. The maximum absolute atomic E-state index is 13.1. The van der Waals surface area contributed by atoms with Gasteiger partial charge >= 0.3 is 18.0 Å². The number of hydrogen-bond acceptors (Lipinski definition) is 5. The molecule has 1 unspecified atom stereocenters. The van der Waals surface area contributed by atoms with Gasteiger partial charge < -0.3 is 24.5 Å². The zero-order valence-corrected chi connectivity index (χ0v) is 19.5. The molecule has 0 aliphatic rings. The summed E-state index contributed by atoms with van der Waals surface area (Å²) in [6.07, 6.45) is 1.03. The second kappa shape index (κ2) is 11.7. The number of nitrogens with one attached hydrogen (secondary N) is 1. The first-order valence-corrected chi connectivity index (χ1v) is 11.5.